The number of benzene rings is 1. The van der Waals surface area contributed by atoms with Crippen molar-refractivity contribution in [3.05, 3.63) is 35.4 Å². The number of hydrogen-bond acceptors (Lipinski definition) is 1. The molecule has 2 nitrogen and oxygen atoms in total. The Morgan fingerprint density at radius 2 is 1.62 bits per heavy atom. The highest BCUT2D eigenvalue weighted by molar-refractivity contribution is 5.78. The van der Waals surface area contributed by atoms with E-state index >= 15 is 0 Å². The summed E-state index contributed by atoms with van der Waals surface area (Å²) in [6.07, 6.45) is 1.99. The van der Waals surface area contributed by atoms with Crippen LogP contribution in [0.3, 0.4) is 0 Å². The topological polar surface area (TPSA) is 20.3 Å². The van der Waals surface area contributed by atoms with E-state index in [1.165, 1.54) is 11.1 Å². The van der Waals surface area contributed by atoms with Gasteiger partial charge < -0.3 is 4.90 Å². The maximum absolute atomic E-state index is 11.9. The molecule has 0 saturated carbocycles. The van der Waals surface area contributed by atoms with Gasteiger partial charge in [0.1, 0.15) is 0 Å². The minimum absolute atomic E-state index is 0.112. The Morgan fingerprint density at radius 1 is 1.12 bits per heavy atom. The van der Waals surface area contributed by atoms with Crippen molar-refractivity contribution in [2.24, 2.45) is 5.92 Å². The summed E-state index contributed by atoms with van der Waals surface area (Å²) in [5.41, 5.74) is 2.81. The third kappa shape index (κ3) is 2.26. The zero-order chi connectivity index (χ0) is 11.5. The molecular weight excluding hydrogens is 198 g/mol. The van der Waals surface area contributed by atoms with Crippen LogP contribution in [0.1, 0.15) is 25.0 Å². The van der Waals surface area contributed by atoms with Crippen LogP contribution in [0.15, 0.2) is 24.3 Å². The van der Waals surface area contributed by atoms with E-state index < -0.39 is 0 Å². The summed E-state index contributed by atoms with van der Waals surface area (Å²) in [5.74, 6) is 0.397. The molecule has 1 aromatic rings. The number of amides is 1. The molecule has 0 unspecified atom stereocenters. The van der Waals surface area contributed by atoms with E-state index in [9.17, 15) is 4.79 Å². The second-order valence-electron chi connectivity index (χ2n) is 4.75. The van der Waals surface area contributed by atoms with Gasteiger partial charge in [0.15, 0.2) is 0 Å². The molecule has 0 aromatic heterocycles. The molecule has 0 bridgehead atoms. The van der Waals surface area contributed by atoms with Gasteiger partial charge in [-0.05, 0) is 24.0 Å². The van der Waals surface area contributed by atoms with Gasteiger partial charge >= 0.3 is 0 Å². The van der Waals surface area contributed by atoms with Crippen molar-refractivity contribution >= 4 is 5.91 Å². The average Bonchev–Trinajstić information content (AvgIpc) is 2.50. The largest absolute Gasteiger partial charge is 0.342 e. The van der Waals surface area contributed by atoms with E-state index in [1.54, 1.807) is 0 Å². The van der Waals surface area contributed by atoms with E-state index in [2.05, 4.69) is 24.3 Å². The maximum atomic E-state index is 11.9. The van der Waals surface area contributed by atoms with E-state index in [0.717, 1.165) is 25.9 Å². The molecule has 0 spiro atoms. The minimum atomic E-state index is 0.112. The quantitative estimate of drug-likeness (QED) is 0.706. The third-order valence-electron chi connectivity index (χ3n) is 3.23. The monoisotopic (exact) mass is 217 g/mol. The number of carbonyl (C=O) groups is 1. The number of rotatable bonds is 1. The van der Waals surface area contributed by atoms with Crippen molar-refractivity contribution in [3.8, 4) is 0 Å². The lowest BCUT2D eigenvalue weighted by atomic mass is 10.0. The summed E-state index contributed by atoms with van der Waals surface area (Å²) in [7, 11) is 0. The van der Waals surface area contributed by atoms with Crippen molar-refractivity contribution in [2.45, 2.75) is 26.7 Å². The Balaban J connectivity index is 2.10. The van der Waals surface area contributed by atoms with Crippen molar-refractivity contribution in [2.75, 3.05) is 13.1 Å². The van der Waals surface area contributed by atoms with Gasteiger partial charge in [0.05, 0.1) is 0 Å². The van der Waals surface area contributed by atoms with Crippen LogP contribution in [-0.2, 0) is 17.6 Å². The Labute approximate surface area is 97.3 Å². The van der Waals surface area contributed by atoms with Crippen LogP contribution < -0.4 is 0 Å². The first kappa shape index (κ1) is 11.2. The first-order chi connectivity index (χ1) is 7.68. The van der Waals surface area contributed by atoms with Gasteiger partial charge in [-0.25, -0.2) is 0 Å². The van der Waals surface area contributed by atoms with Gasteiger partial charge in [0.25, 0.3) is 0 Å². The van der Waals surface area contributed by atoms with Crippen molar-refractivity contribution < 1.29 is 4.79 Å². The molecule has 0 saturated heterocycles. The fraction of sp³-hybridized carbons (Fsp3) is 0.500. The summed E-state index contributed by atoms with van der Waals surface area (Å²) in [4.78, 5) is 13.9. The first-order valence-corrected chi connectivity index (χ1v) is 6.04. The van der Waals surface area contributed by atoms with Crippen LogP contribution >= 0.6 is 0 Å². The Hall–Kier alpha value is -1.31. The molecule has 0 N–H and O–H groups in total. The van der Waals surface area contributed by atoms with Gasteiger partial charge in [0.2, 0.25) is 5.91 Å². The molecule has 0 aliphatic carbocycles. The van der Waals surface area contributed by atoms with E-state index in [1.807, 2.05) is 18.7 Å². The molecule has 86 valence electrons. The van der Waals surface area contributed by atoms with Crippen LogP contribution in [0.2, 0.25) is 0 Å². The van der Waals surface area contributed by atoms with Crippen molar-refractivity contribution in [1.82, 2.24) is 4.90 Å². The molecule has 1 heterocycles. The van der Waals surface area contributed by atoms with Gasteiger partial charge in [-0.3, -0.25) is 4.79 Å². The summed E-state index contributed by atoms with van der Waals surface area (Å²) in [6.45, 7) is 5.68. The zero-order valence-corrected chi connectivity index (χ0v) is 10.1. The predicted molar refractivity (Wildman–Crippen MR) is 65.3 cm³/mol. The van der Waals surface area contributed by atoms with Crippen molar-refractivity contribution in [1.29, 1.82) is 0 Å². The number of carbonyl (C=O) groups excluding carboxylic acids is 1. The van der Waals surface area contributed by atoms with Crippen LogP contribution in [-0.4, -0.2) is 23.9 Å². The summed E-state index contributed by atoms with van der Waals surface area (Å²) < 4.78 is 0. The lowest BCUT2D eigenvalue weighted by Crippen LogP contribution is -2.36. The minimum Gasteiger partial charge on any atom is -0.342 e. The van der Waals surface area contributed by atoms with Gasteiger partial charge in [0, 0.05) is 19.0 Å². The van der Waals surface area contributed by atoms with E-state index in [0.29, 0.717) is 0 Å². The fourth-order valence-electron chi connectivity index (χ4n) is 2.25. The number of nitrogens with zero attached hydrogens (tertiary/aromatic N) is 1. The van der Waals surface area contributed by atoms with Crippen LogP contribution in [0.25, 0.3) is 0 Å². The molecule has 2 heteroatoms. The molecular formula is C14H19NO. The molecule has 1 aromatic carbocycles. The standard InChI is InChI=1S/C14H19NO/c1-11(2)14(16)15-9-7-12-5-3-4-6-13(12)8-10-15/h3-6,11H,7-10H2,1-2H3. The Morgan fingerprint density at radius 3 is 2.06 bits per heavy atom. The summed E-state index contributed by atoms with van der Waals surface area (Å²) >= 11 is 0. The highest BCUT2D eigenvalue weighted by atomic mass is 16.2. The number of fused-ring (bicyclic) bond motifs is 1. The molecule has 0 radical (unpaired) electrons. The molecule has 2 rings (SSSR count). The predicted octanol–water partition coefficient (Wildman–Crippen LogP) is 2.27. The zero-order valence-electron chi connectivity index (χ0n) is 10.1. The highest BCUT2D eigenvalue weighted by Crippen LogP contribution is 2.16. The third-order valence-corrected chi connectivity index (χ3v) is 3.23. The second kappa shape index (κ2) is 4.69. The SMILES string of the molecule is CC(C)C(=O)N1CCc2ccccc2CC1. The van der Waals surface area contributed by atoms with Gasteiger partial charge in [-0.2, -0.15) is 0 Å². The van der Waals surface area contributed by atoms with Gasteiger partial charge in [-0.15, -0.1) is 0 Å². The normalized spacial score (nSPS) is 15.8. The summed E-state index contributed by atoms with van der Waals surface area (Å²) in [5, 5.41) is 0. The lowest BCUT2D eigenvalue weighted by Gasteiger charge is -2.22. The molecule has 16 heavy (non-hydrogen) atoms. The molecule has 0 fully saturated rings. The fourth-order valence-corrected chi connectivity index (χ4v) is 2.25. The molecule has 0 atom stereocenters. The molecule has 1 amide bonds. The second-order valence-corrected chi connectivity index (χ2v) is 4.75. The smallest absolute Gasteiger partial charge is 0.225 e. The Kier molecular flexibility index (Phi) is 3.28. The van der Waals surface area contributed by atoms with E-state index in [4.69, 9.17) is 0 Å². The maximum Gasteiger partial charge on any atom is 0.225 e. The van der Waals surface area contributed by atoms with Crippen LogP contribution in [0.5, 0.6) is 0 Å². The lowest BCUT2D eigenvalue weighted by molar-refractivity contribution is -0.134. The van der Waals surface area contributed by atoms with E-state index in [-0.39, 0.29) is 11.8 Å². The number of hydrogen-bond donors (Lipinski definition) is 0. The summed E-state index contributed by atoms with van der Waals surface area (Å²) in [6, 6.07) is 8.52. The first-order valence-electron chi connectivity index (χ1n) is 6.04. The molecule has 1 aliphatic heterocycles. The van der Waals surface area contributed by atoms with Crippen LogP contribution in [0, 0.1) is 5.92 Å². The Bertz CT molecular complexity index is 357. The van der Waals surface area contributed by atoms with Gasteiger partial charge in [-0.1, -0.05) is 38.1 Å². The molecule has 1 aliphatic rings. The van der Waals surface area contributed by atoms with Crippen LogP contribution in [0.4, 0.5) is 0 Å². The van der Waals surface area contributed by atoms with Crippen molar-refractivity contribution in [3.63, 3.8) is 0 Å². The highest BCUT2D eigenvalue weighted by Gasteiger charge is 2.19. The average molecular weight is 217 g/mol.